The van der Waals surface area contributed by atoms with Crippen molar-refractivity contribution in [2.75, 3.05) is 6.54 Å². The predicted octanol–water partition coefficient (Wildman–Crippen LogP) is 3.66. The molecule has 4 aliphatic heterocycles. The summed E-state index contributed by atoms with van der Waals surface area (Å²) in [6.45, 7) is 10.5. The van der Waals surface area contributed by atoms with E-state index in [1.54, 1.807) is 0 Å². The molecular formula is C32H42N4O2. The van der Waals surface area contributed by atoms with Gasteiger partial charge in [0.25, 0.3) is 0 Å². The largest absolute Gasteiger partial charge is 0.351 e. The highest BCUT2D eigenvalue weighted by Crippen LogP contribution is 2.53. The normalized spacial score (nSPS) is 33.6. The topological polar surface area (TPSA) is 73.5 Å². The van der Waals surface area contributed by atoms with Crippen molar-refractivity contribution in [3.05, 3.63) is 71.8 Å². The molecule has 1 aliphatic carbocycles. The van der Waals surface area contributed by atoms with E-state index in [1.807, 2.05) is 12.1 Å². The van der Waals surface area contributed by atoms with Crippen molar-refractivity contribution in [2.24, 2.45) is 17.8 Å². The Morgan fingerprint density at radius 1 is 0.921 bits per heavy atom. The van der Waals surface area contributed by atoms with E-state index in [-0.39, 0.29) is 52.7 Å². The van der Waals surface area contributed by atoms with Gasteiger partial charge in [-0.05, 0) is 70.4 Å². The second-order valence-corrected chi connectivity index (χ2v) is 13.6. The average Bonchev–Trinajstić information content (AvgIpc) is 3.14. The monoisotopic (exact) mass is 514 g/mol. The third-order valence-corrected chi connectivity index (χ3v) is 9.50. The Kier molecular flexibility index (Phi) is 6.19. The number of nitrogens with one attached hydrogen (secondary N) is 3. The van der Waals surface area contributed by atoms with Crippen LogP contribution in [0.2, 0.25) is 0 Å². The Hall–Kier alpha value is -2.70. The zero-order valence-corrected chi connectivity index (χ0v) is 23.2. The van der Waals surface area contributed by atoms with Crippen molar-refractivity contribution in [1.29, 1.82) is 0 Å². The standard InChI is InChI=1S/C32H42N4O2/c1-30(2)17-24(18-31(3,4)35-30)33-29(38)32-16-23-20-36(19-22-13-9-6-10-14-22)27(26(23)28(37)34-32)25(32)15-21-11-7-5-8-12-21/h5-14,23-27,35H,15-20H2,1-4H3,(H,33,38)(H,34,37)/t23-,25+,26-,27-,32+/m1/s1. The summed E-state index contributed by atoms with van der Waals surface area (Å²) >= 11 is 0. The number of benzene rings is 2. The SMILES string of the molecule is CC1(C)CC(NC(=O)[C@@]23C[C@@H]4CN(Cc5ccccc5)[C@@H]([C@@H]4C(=O)N2)[C@@H]3Cc2ccccc2)CC(C)(C)N1. The molecule has 2 aromatic rings. The Morgan fingerprint density at radius 2 is 1.53 bits per heavy atom. The van der Waals surface area contributed by atoms with Crippen LogP contribution in [0.1, 0.15) is 58.1 Å². The van der Waals surface area contributed by atoms with Crippen LogP contribution in [0.4, 0.5) is 0 Å². The minimum atomic E-state index is -0.887. The second kappa shape index (κ2) is 9.20. The molecule has 7 rings (SSSR count). The van der Waals surface area contributed by atoms with Gasteiger partial charge in [-0.15, -0.1) is 0 Å². The lowest BCUT2D eigenvalue weighted by Gasteiger charge is -2.56. The molecule has 0 radical (unpaired) electrons. The lowest BCUT2D eigenvalue weighted by atomic mass is 9.57. The van der Waals surface area contributed by atoms with Crippen LogP contribution in [0.3, 0.4) is 0 Å². The Morgan fingerprint density at radius 3 is 2.16 bits per heavy atom. The zero-order chi connectivity index (χ0) is 26.7. The molecule has 2 amide bonds. The third kappa shape index (κ3) is 4.56. The number of likely N-dealkylation sites (tertiary alicyclic amines) is 1. The number of piperidine rings is 3. The summed E-state index contributed by atoms with van der Waals surface area (Å²) in [5, 5.41) is 10.5. The molecule has 2 aromatic carbocycles. The second-order valence-electron chi connectivity index (χ2n) is 13.6. The van der Waals surface area contributed by atoms with Gasteiger partial charge >= 0.3 is 0 Å². The highest BCUT2D eigenvalue weighted by Gasteiger charge is 2.68. The van der Waals surface area contributed by atoms with Gasteiger partial charge in [-0.25, -0.2) is 0 Å². The molecule has 4 saturated heterocycles. The first-order valence-electron chi connectivity index (χ1n) is 14.3. The van der Waals surface area contributed by atoms with E-state index in [1.165, 1.54) is 11.1 Å². The summed E-state index contributed by atoms with van der Waals surface area (Å²) in [6, 6.07) is 21.1. The van der Waals surface area contributed by atoms with E-state index in [0.717, 1.165) is 32.4 Å². The first-order chi connectivity index (χ1) is 18.1. The highest BCUT2D eigenvalue weighted by atomic mass is 16.2. The van der Waals surface area contributed by atoms with Crippen molar-refractivity contribution < 1.29 is 9.59 Å². The fourth-order valence-corrected chi connectivity index (χ4v) is 8.62. The fraction of sp³-hybridized carbons (Fsp3) is 0.562. The molecule has 5 atom stereocenters. The summed E-state index contributed by atoms with van der Waals surface area (Å²) in [7, 11) is 0. The van der Waals surface area contributed by atoms with Gasteiger partial charge in [-0.1, -0.05) is 60.7 Å². The molecule has 38 heavy (non-hydrogen) atoms. The summed E-state index contributed by atoms with van der Waals surface area (Å²) in [5.41, 5.74) is 1.45. The summed E-state index contributed by atoms with van der Waals surface area (Å²) in [6.07, 6.45) is 3.22. The van der Waals surface area contributed by atoms with Gasteiger partial charge in [-0.2, -0.15) is 0 Å². The molecule has 5 aliphatic rings. The van der Waals surface area contributed by atoms with Crippen LogP contribution in [0.15, 0.2) is 60.7 Å². The molecule has 0 aromatic heterocycles. The van der Waals surface area contributed by atoms with Crippen LogP contribution in [0, 0.1) is 17.8 Å². The Balaban J connectivity index is 1.34. The van der Waals surface area contributed by atoms with Crippen LogP contribution in [-0.2, 0) is 22.6 Å². The van der Waals surface area contributed by atoms with Gasteiger partial charge in [0.05, 0.1) is 5.92 Å². The van der Waals surface area contributed by atoms with Crippen molar-refractivity contribution in [2.45, 2.75) is 88.6 Å². The van der Waals surface area contributed by atoms with Gasteiger partial charge < -0.3 is 16.0 Å². The van der Waals surface area contributed by atoms with Crippen LogP contribution in [0.5, 0.6) is 0 Å². The molecule has 5 fully saturated rings. The van der Waals surface area contributed by atoms with Crippen molar-refractivity contribution in [3.63, 3.8) is 0 Å². The molecule has 4 heterocycles. The number of hydrogen-bond acceptors (Lipinski definition) is 4. The molecule has 1 saturated carbocycles. The number of nitrogens with zero attached hydrogens (tertiary/aromatic N) is 1. The van der Waals surface area contributed by atoms with Crippen molar-refractivity contribution >= 4 is 11.8 Å². The lowest BCUT2D eigenvalue weighted by molar-refractivity contribution is -0.155. The minimum absolute atomic E-state index is 0.0119. The van der Waals surface area contributed by atoms with E-state index in [9.17, 15) is 9.59 Å². The van der Waals surface area contributed by atoms with Gasteiger partial charge in [-0.3, -0.25) is 14.5 Å². The quantitative estimate of drug-likeness (QED) is 0.550. The molecule has 4 bridgehead atoms. The Labute approximate surface area is 226 Å². The Bertz CT molecular complexity index is 1180. The summed E-state index contributed by atoms with van der Waals surface area (Å²) in [5.74, 6) is 0.236. The van der Waals surface area contributed by atoms with Gasteiger partial charge in [0.2, 0.25) is 11.8 Å². The molecule has 6 heteroatoms. The van der Waals surface area contributed by atoms with E-state index < -0.39 is 5.54 Å². The van der Waals surface area contributed by atoms with E-state index >= 15 is 0 Å². The van der Waals surface area contributed by atoms with Crippen molar-refractivity contribution in [1.82, 2.24) is 20.9 Å². The van der Waals surface area contributed by atoms with Crippen LogP contribution >= 0.6 is 0 Å². The van der Waals surface area contributed by atoms with Crippen molar-refractivity contribution in [3.8, 4) is 0 Å². The molecule has 202 valence electrons. The molecular weight excluding hydrogens is 472 g/mol. The zero-order valence-electron chi connectivity index (χ0n) is 23.2. The van der Waals surface area contributed by atoms with E-state index in [4.69, 9.17) is 0 Å². The van der Waals surface area contributed by atoms with Gasteiger partial charge in [0.15, 0.2) is 0 Å². The van der Waals surface area contributed by atoms with Crippen LogP contribution in [-0.4, -0.2) is 52.0 Å². The number of carbonyl (C=O) groups is 2. The number of fused-ring (bicyclic) bond motifs is 1. The molecule has 0 unspecified atom stereocenters. The molecule has 3 N–H and O–H groups in total. The van der Waals surface area contributed by atoms with Crippen LogP contribution < -0.4 is 16.0 Å². The van der Waals surface area contributed by atoms with E-state index in [2.05, 4.69) is 97.1 Å². The summed E-state index contributed by atoms with van der Waals surface area (Å²) < 4.78 is 0. The molecule has 6 nitrogen and oxygen atoms in total. The number of rotatable bonds is 6. The van der Waals surface area contributed by atoms with Crippen LogP contribution in [0.25, 0.3) is 0 Å². The lowest BCUT2D eigenvalue weighted by Crippen LogP contribution is -2.77. The number of hydrogen-bond donors (Lipinski definition) is 3. The smallest absolute Gasteiger partial charge is 0.246 e. The maximum Gasteiger partial charge on any atom is 0.246 e. The molecule has 0 spiro atoms. The number of carbonyl (C=O) groups excluding carboxylic acids is 2. The van der Waals surface area contributed by atoms with Gasteiger partial charge in [0, 0.05) is 42.2 Å². The fourth-order valence-electron chi connectivity index (χ4n) is 8.62. The number of amides is 2. The summed E-state index contributed by atoms with van der Waals surface area (Å²) in [4.78, 5) is 30.5. The van der Waals surface area contributed by atoms with Gasteiger partial charge in [0.1, 0.15) is 5.54 Å². The predicted molar refractivity (Wildman–Crippen MR) is 149 cm³/mol. The average molecular weight is 515 g/mol. The highest BCUT2D eigenvalue weighted by molar-refractivity contribution is 5.96. The first-order valence-corrected chi connectivity index (χ1v) is 14.3. The minimum Gasteiger partial charge on any atom is -0.351 e. The van der Waals surface area contributed by atoms with E-state index in [0.29, 0.717) is 6.42 Å². The maximum absolute atomic E-state index is 14.4. The third-order valence-electron chi connectivity index (χ3n) is 9.50. The maximum atomic E-state index is 14.4. The first kappa shape index (κ1) is 25.6.